The van der Waals surface area contributed by atoms with Gasteiger partial charge in [-0.15, -0.1) is 0 Å². The second-order valence-electron chi connectivity index (χ2n) is 8.03. The molecule has 0 bridgehead atoms. The minimum atomic E-state index is -4.13. The summed E-state index contributed by atoms with van der Waals surface area (Å²) < 4.78 is 44.6. The van der Waals surface area contributed by atoms with Crippen molar-refractivity contribution in [2.75, 3.05) is 43.8 Å². The molecule has 9 nitrogen and oxygen atoms in total. The summed E-state index contributed by atoms with van der Waals surface area (Å²) in [5.74, 6) is 0.0437. The second-order valence-corrected chi connectivity index (χ2v) is 9.89. The van der Waals surface area contributed by atoms with Crippen molar-refractivity contribution in [3.8, 4) is 11.5 Å². The molecule has 182 valence electrons. The highest BCUT2D eigenvalue weighted by molar-refractivity contribution is 7.92. The molecule has 1 fully saturated rings. The van der Waals surface area contributed by atoms with E-state index in [9.17, 15) is 18.0 Å². The molecule has 2 aliphatic rings. The van der Waals surface area contributed by atoms with Crippen molar-refractivity contribution in [2.24, 2.45) is 0 Å². The number of fused-ring (bicyclic) bond motifs is 1. The smallest absolute Gasteiger partial charge is 0.338 e. The monoisotopic (exact) mass is 488 g/mol. The Morgan fingerprint density at radius 2 is 1.65 bits per heavy atom. The van der Waals surface area contributed by atoms with Gasteiger partial charge in [-0.05, 0) is 62.6 Å². The zero-order chi connectivity index (χ0) is 24.1. The number of ether oxygens (including phenoxy) is 3. The molecule has 1 saturated heterocycles. The van der Waals surface area contributed by atoms with Gasteiger partial charge in [0.05, 0.1) is 22.8 Å². The zero-order valence-corrected chi connectivity index (χ0v) is 19.9. The third kappa shape index (κ3) is 5.11. The van der Waals surface area contributed by atoms with Crippen molar-refractivity contribution in [3.63, 3.8) is 0 Å². The lowest BCUT2D eigenvalue weighted by molar-refractivity contribution is -0.130. The summed E-state index contributed by atoms with van der Waals surface area (Å²) in [4.78, 5) is 26.8. The molecule has 4 rings (SSSR count). The van der Waals surface area contributed by atoms with Crippen LogP contribution in [-0.2, 0) is 19.6 Å². The molecule has 2 aliphatic heterocycles. The average Bonchev–Trinajstić information content (AvgIpc) is 2.87. The van der Waals surface area contributed by atoms with Gasteiger partial charge in [0.15, 0.2) is 11.5 Å². The Kier molecular flexibility index (Phi) is 7.26. The molecule has 0 spiro atoms. The van der Waals surface area contributed by atoms with Crippen molar-refractivity contribution < 1.29 is 32.2 Å². The first-order chi connectivity index (χ1) is 16.4. The predicted octanol–water partition coefficient (Wildman–Crippen LogP) is 2.84. The number of piperidine rings is 1. The number of carbonyl (C=O) groups is 2. The molecule has 2 aromatic carbocycles. The maximum atomic E-state index is 13.7. The highest BCUT2D eigenvalue weighted by Crippen LogP contribution is 2.34. The molecule has 34 heavy (non-hydrogen) atoms. The number of likely N-dealkylation sites (tertiary alicyclic amines) is 1. The van der Waals surface area contributed by atoms with E-state index in [1.54, 1.807) is 17.9 Å². The largest absolute Gasteiger partial charge is 0.486 e. The molecule has 0 unspecified atom stereocenters. The first-order valence-corrected chi connectivity index (χ1v) is 12.8. The predicted molar refractivity (Wildman–Crippen MR) is 125 cm³/mol. The van der Waals surface area contributed by atoms with Crippen LogP contribution in [-0.4, -0.2) is 64.6 Å². The van der Waals surface area contributed by atoms with Gasteiger partial charge in [0.2, 0.25) is 5.91 Å². The molecular weight excluding hydrogens is 460 g/mol. The van der Waals surface area contributed by atoms with Gasteiger partial charge < -0.3 is 19.1 Å². The fraction of sp³-hybridized carbons (Fsp3) is 0.417. The number of benzene rings is 2. The van der Waals surface area contributed by atoms with Gasteiger partial charge in [0.25, 0.3) is 10.0 Å². The van der Waals surface area contributed by atoms with Gasteiger partial charge in [-0.2, -0.15) is 0 Å². The van der Waals surface area contributed by atoms with Crippen LogP contribution in [0.3, 0.4) is 0 Å². The van der Waals surface area contributed by atoms with Crippen LogP contribution in [0.4, 0.5) is 5.69 Å². The van der Waals surface area contributed by atoms with Crippen LogP contribution in [0.5, 0.6) is 11.5 Å². The van der Waals surface area contributed by atoms with E-state index in [0.29, 0.717) is 43.4 Å². The highest BCUT2D eigenvalue weighted by Gasteiger charge is 2.31. The topological polar surface area (TPSA) is 102 Å². The number of hydrogen-bond donors (Lipinski definition) is 0. The molecule has 0 aliphatic carbocycles. The summed E-state index contributed by atoms with van der Waals surface area (Å²) in [5, 5.41) is 0. The van der Waals surface area contributed by atoms with Crippen molar-refractivity contribution in [3.05, 3.63) is 48.0 Å². The normalized spacial score (nSPS) is 15.5. The van der Waals surface area contributed by atoms with Gasteiger partial charge >= 0.3 is 5.97 Å². The van der Waals surface area contributed by atoms with Crippen molar-refractivity contribution in [2.45, 2.75) is 31.1 Å². The summed E-state index contributed by atoms with van der Waals surface area (Å²) in [6, 6.07) is 10.4. The molecule has 10 heteroatoms. The zero-order valence-electron chi connectivity index (χ0n) is 19.1. The lowest BCUT2D eigenvalue weighted by atomic mass is 10.1. The summed E-state index contributed by atoms with van der Waals surface area (Å²) in [5.41, 5.74) is 0.568. The third-order valence-corrected chi connectivity index (χ3v) is 7.53. The quantitative estimate of drug-likeness (QED) is 0.552. The number of anilines is 1. The maximum Gasteiger partial charge on any atom is 0.338 e. The van der Waals surface area contributed by atoms with Gasteiger partial charge in [0, 0.05) is 19.2 Å². The molecular formula is C24H28N2O7S. The Morgan fingerprint density at radius 1 is 0.971 bits per heavy atom. The Morgan fingerprint density at radius 3 is 2.32 bits per heavy atom. The van der Waals surface area contributed by atoms with E-state index in [1.165, 1.54) is 36.4 Å². The highest BCUT2D eigenvalue weighted by atomic mass is 32.2. The van der Waals surface area contributed by atoms with Gasteiger partial charge in [0.1, 0.15) is 19.8 Å². The van der Waals surface area contributed by atoms with Crippen molar-refractivity contribution >= 4 is 27.6 Å². The number of rotatable bonds is 7. The molecule has 0 N–H and O–H groups in total. The van der Waals surface area contributed by atoms with E-state index in [-0.39, 0.29) is 29.6 Å². The number of carbonyl (C=O) groups excluding carboxylic acids is 2. The molecule has 2 aromatic rings. The standard InChI is InChI=1S/C24H28N2O7S/c1-2-31-24(28)18-6-8-19(9-7-18)26(17-23(27)25-12-4-3-5-13-25)34(29,30)20-10-11-21-22(16-20)33-15-14-32-21/h6-11,16H,2-5,12-15,17H2,1H3. The molecule has 2 heterocycles. The lowest BCUT2D eigenvalue weighted by Crippen LogP contribution is -2.44. The summed E-state index contributed by atoms with van der Waals surface area (Å²) in [7, 11) is -4.13. The van der Waals surface area contributed by atoms with E-state index in [2.05, 4.69) is 0 Å². The average molecular weight is 489 g/mol. The van der Waals surface area contributed by atoms with E-state index in [0.717, 1.165) is 23.6 Å². The van der Waals surface area contributed by atoms with Crippen LogP contribution in [0.1, 0.15) is 36.5 Å². The van der Waals surface area contributed by atoms with Crippen molar-refractivity contribution in [1.29, 1.82) is 0 Å². The Bertz CT molecular complexity index is 1140. The third-order valence-electron chi connectivity index (χ3n) is 5.76. The fourth-order valence-corrected chi connectivity index (χ4v) is 5.40. The van der Waals surface area contributed by atoms with E-state index < -0.39 is 16.0 Å². The van der Waals surface area contributed by atoms with Gasteiger partial charge in [-0.25, -0.2) is 13.2 Å². The van der Waals surface area contributed by atoms with Gasteiger partial charge in [-0.1, -0.05) is 0 Å². The number of nitrogens with zero attached hydrogens (tertiary/aromatic N) is 2. The molecule has 0 aromatic heterocycles. The molecule has 0 saturated carbocycles. The van der Waals surface area contributed by atoms with Crippen LogP contribution in [0.15, 0.2) is 47.4 Å². The first kappa shape index (κ1) is 23.9. The SMILES string of the molecule is CCOC(=O)c1ccc(N(CC(=O)N2CCCCC2)S(=O)(=O)c2ccc3c(c2)OCCO3)cc1. The van der Waals surface area contributed by atoms with E-state index >= 15 is 0 Å². The summed E-state index contributed by atoms with van der Waals surface area (Å²) in [6.45, 7) is 3.52. The fourth-order valence-electron chi connectivity index (χ4n) is 3.97. The van der Waals surface area contributed by atoms with Crippen LogP contribution in [0.2, 0.25) is 0 Å². The molecule has 0 radical (unpaired) electrons. The Balaban J connectivity index is 1.68. The van der Waals surface area contributed by atoms with Crippen molar-refractivity contribution in [1.82, 2.24) is 4.90 Å². The van der Waals surface area contributed by atoms with Crippen LogP contribution < -0.4 is 13.8 Å². The number of esters is 1. The van der Waals surface area contributed by atoms with Crippen LogP contribution in [0.25, 0.3) is 0 Å². The number of amides is 1. The summed E-state index contributed by atoms with van der Waals surface area (Å²) >= 11 is 0. The summed E-state index contributed by atoms with van der Waals surface area (Å²) in [6.07, 6.45) is 2.85. The maximum absolute atomic E-state index is 13.7. The van der Waals surface area contributed by atoms with Crippen LogP contribution >= 0.6 is 0 Å². The minimum absolute atomic E-state index is 0.0161. The van der Waals surface area contributed by atoms with Gasteiger partial charge in [-0.3, -0.25) is 9.10 Å². The number of hydrogen-bond acceptors (Lipinski definition) is 7. The Hall–Kier alpha value is -3.27. The molecule has 0 atom stereocenters. The van der Waals surface area contributed by atoms with E-state index in [1.807, 2.05) is 0 Å². The second kappa shape index (κ2) is 10.3. The lowest BCUT2D eigenvalue weighted by Gasteiger charge is -2.31. The number of sulfonamides is 1. The minimum Gasteiger partial charge on any atom is -0.486 e. The van der Waals surface area contributed by atoms with E-state index in [4.69, 9.17) is 14.2 Å². The molecule has 1 amide bonds. The first-order valence-electron chi connectivity index (χ1n) is 11.4. The van der Waals surface area contributed by atoms with Crippen LogP contribution in [0, 0.1) is 0 Å². The Labute approximate surface area is 199 Å².